The number of benzene rings is 4. The summed E-state index contributed by atoms with van der Waals surface area (Å²) >= 11 is 0. The van der Waals surface area contributed by atoms with Crippen LogP contribution in [0.3, 0.4) is 0 Å². The second-order valence-corrected chi connectivity index (χ2v) is 7.46. The maximum Gasteiger partial charge on any atom is 0.131 e. The van der Waals surface area contributed by atoms with Crippen LogP contribution in [-0.2, 0) is 0 Å². The number of aromatic nitrogens is 2. The van der Waals surface area contributed by atoms with E-state index in [0.717, 1.165) is 49.4 Å². The average molecular weight is 388 g/mol. The van der Waals surface area contributed by atoms with Gasteiger partial charge in [0, 0.05) is 45.2 Å². The molecule has 2 aromatic heterocycles. The third kappa shape index (κ3) is 2.45. The van der Waals surface area contributed by atoms with Crippen molar-refractivity contribution < 1.29 is 4.39 Å². The smallest absolute Gasteiger partial charge is 0.131 e. The summed E-state index contributed by atoms with van der Waals surface area (Å²) < 4.78 is 15.2. The third-order valence-corrected chi connectivity index (χ3v) is 5.78. The Morgan fingerprint density at radius 1 is 0.667 bits per heavy atom. The van der Waals surface area contributed by atoms with Gasteiger partial charge >= 0.3 is 0 Å². The van der Waals surface area contributed by atoms with Crippen molar-refractivity contribution in [2.75, 3.05) is 0 Å². The first-order chi connectivity index (χ1) is 14.8. The zero-order valence-electron chi connectivity index (χ0n) is 16.1. The van der Waals surface area contributed by atoms with Gasteiger partial charge in [-0.25, -0.2) is 4.39 Å². The second-order valence-electron chi connectivity index (χ2n) is 7.46. The van der Waals surface area contributed by atoms with Crippen LogP contribution in [0.4, 0.5) is 4.39 Å². The van der Waals surface area contributed by atoms with E-state index < -0.39 is 0 Å². The zero-order chi connectivity index (χ0) is 20.1. The Morgan fingerprint density at radius 2 is 1.37 bits per heavy atom. The van der Waals surface area contributed by atoms with Crippen molar-refractivity contribution in [1.29, 1.82) is 0 Å². The van der Waals surface area contributed by atoms with E-state index in [1.807, 2.05) is 73.1 Å². The molecule has 2 nitrogen and oxygen atoms in total. The van der Waals surface area contributed by atoms with Gasteiger partial charge in [0.15, 0.2) is 0 Å². The number of hydrogen-bond acceptors (Lipinski definition) is 1. The molecule has 0 aliphatic heterocycles. The minimum atomic E-state index is -0.227. The molecule has 0 atom stereocenters. The average Bonchev–Trinajstić information content (AvgIpc) is 3.23. The lowest BCUT2D eigenvalue weighted by Crippen LogP contribution is -1.94. The monoisotopic (exact) mass is 388 g/mol. The predicted octanol–water partition coefficient (Wildman–Crippen LogP) is 7.34. The Kier molecular flexibility index (Phi) is 3.68. The van der Waals surface area contributed by atoms with Crippen LogP contribution in [0.2, 0.25) is 0 Å². The highest BCUT2D eigenvalue weighted by Crippen LogP contribution is 2.43. The maximum atomic E-state index is 15.2. The summed E-state index contributed by atoms with van der Waals surface area (Å²) in [6, 6.07) is 27.6. The molecule has 0 bridgehead atoms. The molecule has 0 radical (unpaired) electrons. The largest absolute Gasteiger partial charge is 0.361 e. The van der Waals surface area contributed by atoms with E-state index in [0.29, 0.717) is 5.39 Å². The number of rotatable bonds is 2. The van der Waals surface area contributed by atoms with Gasteiger partial charge in [-0.3, -0.25) is 4.98 Å². The topological polar surface area (TPSA) is 28.7 Å². The molecule has 3 heteroatoms. The van der Waals surface area contributed by atoms with Gasteiger partial charge in [-0.1, -0.05) is 66.7 Å². The van der Waals surface area contributed by atoms with E-state index in [9.17, 15) is 0 Å². The van der Waals surface area contributed by atoms with Gasteiger partial charge in [0.1, 0.15) is 5.82 Å². The van der Waals surface area contributed by atoms with Gasteiger partial charge in [0.2, 0.25) is 0 Å². The van der Waals surface area contributed by atoms with Crippen LogP contribution in [0.15, 0.2) is 97.3 Å². The van der Waals surface area contributed by atoms with Crippen LogP contribution in [-0.4, -0.2) is 9.97 Å². The first-order valence-electron chi connectivity index (χ1n) is 9.93. The van der Waals surface area contributed by atoms with E-state index in [-0.39, 0.29) is 5.82 Å². The molecule has 2 heterocycles. The van der Waals surface area contributed by atoms with E-state index in [1.54, 1.807) is 6.07 Å². The summed E-state index contributed by atoms with van der Waals surface area (Å²) in [6.45, 7) is 0. The van der Waals surface area contributed by atoms with Crippen molar-refractivity contribution in [3.63, 3.8) is 0 Å². The molecular formula is C27H17FN2. The molecule has 4 aromatic carbocycles. The Hall–Kier alpha value is -3.98. The Bertz CT molecular complexity index is 1560. The number of nitrogens with zero attached hydrogens (tertiary/aromatic N) is 1. The molecule has 0 unspecified atom stereocenters. The second kappa shape index (κ2) is 6.53. The quantitative estimate of drug-likeness (QED) is 0.330. The van der Waals surface area contributed by atoms with Crippen LogP contribution in [0, 0.1) is 5.82 Å². The van der Waals surface area contributed by atoms with E-state index in [2.05, 4.69) is 23.2 Å². The molecule has 6 aromatic rings. The van der Waals surface area contributed by atoms with Gasteiger partial charge in [-0.2, -0.15) is 0 Å². The highest BCUT2D eigenvalue weighted by Gasteiger charge is 2.19. The lowest BCUT2D eigenvalue weighted by molar-refractivity contribution is 0.640. The predicted molar refractivity (Wildman–Crippen MR) is 122 cm³/mol. The Labute approximate surface area is 172 Å². The maximum absolute atomic E-state index is 15.2. The molecule has 0 aliphatic carbocycles. The van der Waals surface area contributed by atoms with Gasteiger partial charge in [-0.05, 0) is 34.5 Å². The van der Waals surface area contributed by atoms with Crippen LogP contribution in [0.1, 0.15) is 0 Å². The number of pyridine rings is 1. The van der Waals surface area contributed by atoms with Crippen molar-refractivity contribution in [1.82, 2.24) is 9.97 Å². The Morgan fingerprint density at radius 3 is 2.23 bits per heavy atom. The van der Waals surface area contributed by atoms with Crippen LogP contribution < -0.4 is 0 Å². The number of aromatic amines is 1. The summed E-state index contributed by atoms with van der Waals surface area (Å²) in [4.78, 5) is 8.10. The molecule has 0 amide bonds. The minimum absolute atomic E-state index is 0.227. The van der Waals surface area contributed by atoms with Crippen molar-refractivity contribution in [3.05, 3.63) is 103 Å². The van der Waals surface area contributed by atoms with Gasteiger partial charge in [-0.15, -0.1) is 0 Å². The fraction of sp³-hybridized carbons (Fsp3) is 0. The lowest BCUT2D eigenvalue weighted by Gasteiger charge is -2.15. The van der Waals surface area contributed by atoms with E-state index in [4.69, 9.17) is 4.98 Å². The van der Waals surface area contributed by atoms with Crippen molar-refractivity contribution in [2.24, 2.45) is 0 Å². The number of fused-ring (bicyclic) bond motifs is 3. The van der Waals surface area contributed by atoms with Gasteiger partial charge in [0.25, 0.3) is 0 Å². The molecule has 0 saturated carbocycles. The highest BCUT2D eigenvalue weighted by molar-refractivity contribution is 6.12. The molecule has 0 saturated heterocycles. The first-order valence-corrected chi connectivity index (χ1v) is 9.93. The lowest BCUT2D eigenvalue weighted by atomic mass is 9.90. The minimum Gasteiger partial charge on any atom is -0.361 e. The molecule has 142 valence electrons. The number of H-pyrrole nitrogens is 1. The molecule has 0 fully saturated rings. The molecule has 30 heavy (non-hydrogen) atoms. The molecule has 0 aliphatic rings. The molecule has 0 spiro atoms. The van der Waals surface area contributed by atoms with Crippen LogP contribution in [0.5, 0.6) is 0 Å². The summed E-state index contributed by atoms with van der Waals surface area (Å²) in [5.74, 6) is -0.227. The van der Waals surface area contributed by atoms with Crippen LogP contribution in [0.25, 0.3) is 54.8 Å². The van der Waals surface area contributed by atoms with Gasteiger partial charge in [0.05, 0.1) is 5.69 Å². The number of hydrogen-bond donors (Lipinski definition) is 1. The molecule has 1 N–H and O–H groups in total. The highest BCUT2D eigenvalue weighted by atomic mass is 19.1. The van der Waals surface area contributed by atoms with Crippen molar-refractivity contribution >= 4 is 32.4 Å². The summed E-state index contributed by atoms with van der Waals surface area (Å²) in [5, 5.41) is 4.69. The summed E-state index contributed by atoms with van der Waals surface area (Å²) in [5.41, 5.74) is 4.66. The first kappa shape index (κ1) is 16.9. The fourth-order valence-corrected chi connectivity index (χ4v) is 4.41. The SMILES string of the molecule is Fc1cc(-c2c[nH]c3ccccc23)c(-c2nccc3ccccc23)c2ccccc12. The third-order valence-electron chi connectivity index (χ3n) is 5.78. The summed E-state index contributed by atoms with van der Waals surface area (Å²) in [6.07, 6.45) is 3.79. The number of nitrogens with one attached hydrogen (secondary N) is 1. The zero-order valence-corrected chi connectivity index (χ0v) is 16.1. The van der Waals surface area contributed by atoms with Crippen molar-refractivity contribution in [3.8, 4) is 22.4 Å². The molecular weight excluding hydrogens is 371 g/mol. The van der Waals surface area contributed by atoms with E-state index >= 15 is 4.39 Å². The summed E-state index contributed by atoms with van der Waals surface area (Å²) in [7, 11) is 0. The van der Waals surface area contributed by atoms with Crippen LogP contribution >= 0.6 is 0 Å². The van der Waals surface area contributed by atoms with Crippen molar-refractivity contribution in [2.45, 2.75) is 0 Å². The Balaban J connectivity index is 1.81. The van der Waals surface area contributed by atoms with Gasteiger partial charge < -0.3 is 4.98 Å². The van der Waals surface area contributed by atoms with E-state index in [1.165, 1.54) is 0 Å². The fourth-order valence-electron chi connectivity index (χ4n) is 4.41. The number of para-hydroxylation sites is 1. The molecule has 6 rings (SSSR count). The normalized spacial score (nSPS) is 11.5. The number of halogens is 1. The standard InChI is InChI=1S/C27H17FN2/c28-24-15-22(23-16-30-25-12-6-5-10-20(23)25)26(21-11-4-3-9-19(21)24)27-18-8-2-1-7-17(18)13-14-29-27/h1-16,30H.